The Morgan fingerprint density at radius 3 is 2.40 bits per heavy atom. The maximum absolute atomic E-state index is 11.6. The molecule has 0 aliphatic rings. The summed E-state index contributed by atoms with van der Waals surface area (Å²) in [6, 6.07) is 0. The third-order valence-corrected chi connectivity index (χ3v) is 3.12. The first kappa shape index (κ1) is 14.4. The van der Waals surface area contributed by atoms with E-state index in [2.05, 4.69) is 0 Å². The Hall–Kier alpha value is -0.620. The van der Waals surface area contributed by atoms with Crippen molar-refractivity contribution in [1.82, 2.24) is 4.90 Å². The van der Waals surface area contributed by atoms with E-state index in [4.69, 9.17) is 5.73 Å². The minimum atomic E-state index is -3.01. The molecule has 0 fully saturated rings. The number of hydrogen-bond donors (Lipinski definition) is 1. The predicted octanol–water partition coefficient (Wildman–Crippen LogP) is -0.526. The van der Waals surface area contributed by atoms with Crippen LogP contribution in [0.25, 0.3) is 0 Å². The molecule has 1 amide bonds. The molecular weight excluding hydrogens is 216 g/mol. The summed E-state index contributed by atoms with van der Waals surface area (Å²) in [6.45, 7) is 2.51. The largest absolute Gasteiger partial charge is 0.345 e. The topological polar surface area (TPSA) is 80.5 Å². The predicted molar refractivity (Wildman–Crippen MR) is 60.2 cm³/mol. The molecule has 0 aromatic rings. The molecule has 2 N–H and O–H groups in total. The summed E-state index contributed by atoms with van der Waals surface area (Å²) < 4.78 is 21.8. The molecule has 0 radical (unpaired) electrons. The van der Waals surface area contributed by atoms with Gasteiger partial charge in [0.15, 0.2) is 0 Å². The first-order valence-corrected chi connectivity index (χ1v) is 6.96. The fourth-order valence-corrected chi connectivity index (χ4v) is 1.77. The SMILES string of the molecule is CC(CCN)C(=O)N(C)CCS(C)(=O)=O. The van der Waals surface area contributed by atoms with Crippen LogP contribution in [-0.2, 0) is 14.6 Å². The zero-order valence-corrected chi connectivity index (χ0v) is 10.4. The van der Waals surface area contributed by atoms with E-state index in [9.17, 15) is 13.2 Å². The molecule has 0 saturated heterocycles. The van der Waals surface area contributed by atoms with Gasteiger partial charge < -0.3 is 10.6 Å². The van der Waals surface area contributed by atoms with E-state index in [1.54, 1.807) is 14.0 Å². The normalized spacial score (nSPS) is 13.6. The van der Waals surface area contributed by atoms with Gasteiger partial charge in [-0.2, -0.15) is 0 Å². The van der Waals surface area contributed by atoms with Gasteiger partial charge in [-0.05, 0) is 13.0 Å². The first-order valence-electron chi connectivity index (χ1n) is 4.90. The van der Waals surface area contributed by atoms with Gasteiger partial charge in [0.1, 0.15) is 9.84 Å². The van der Waals surface area contributed by atoms with Crippen molar-refractivity contribution in [2.24, 2.45) is 11.7 Å². The molecule has 0 saturated carbocycles. The van der Waals surface area contributed by atoms with Crippen molar-refractivity contribution in [3.63, 3.8) is 0 Å². The summed E-state index contributed by atoms with van der Waals surface area (Å²) in [5.41, 5.74) is 5.34. The van der Waals surface area contributed by atoms with Crippen LogP contribution in [0.1, 0.15) is 13.3 Å². The number of nitrogens with two attached hydrogens (primary N) is 1. The molecule has 15 heavy (non-hydrogen) atoms. The first-order chi connectivity index (χ1) is 6.78. The molecule has 0 aromatic heterocycles. The maximum Gasteiger partial charge on any atom is 0.225 e. The van der Waals surface area contributed by atoms with Crippen molar-refractivity contribution in [2.45, 2.75) is 13.3 Å². The fraction of sp³-hybridized carbons (Fsp3) is 0.889. The zero-order valence-electron chi connectivity index (χ0n) is 9.56. The quantitative estimate of drug-likeness (QED) is 0.672. The van der Waals surface area contributed by atoms with Crippen LogP contribution in [0.4, 0.5) is 0 Å². The van der Waals surface area contributed by atoms with Crippen LogP contribution in [0, 0.1) is 5.92 Å². The molecule has 0 rings (SSSR count). The fourth-order valence-electron chi connectivity index (χ4n) is 1.16. The van der Waals surface area contributed by atoms with E-state index < -0.39 is 9.84 Å². The van der Waals surface area contributed by atoms with E-state index in [0.29, 0.717) is 13.0 Å². The lowest BCUT2D eigenvalue weighted by Gasteiger charge is -2.20. The Balaban J connectivity index is 4.10. The summed E-state index contributed by atoms with van der Waals surface area (Å²) in [7, 11) is -1.40. The lowest BCUT2D eigenvalue weighted by Crippen LogP contribution is -2.35. The highest BCUT2D eigenvalue weighted by Crippen LogP contribution is 2.04. The number of nitrogens with zero attached hydrogens (tertiary/aromatic N) is 1. The van der Waals surface area contributed by atoms with E-state index in [-0.39, 0.29) is 24.1 Å². The highest BCUT2D eigenvalue weighted by atomic mass is 32.2. The van der Waals surface area contributed by atoms with Gasteiger partial charge >= 0.3 is 0 Å². The zero-order chi connectivity index (χ0) is 12.1. The summed E-state index contributed by atoms with van der Waals surface area (Å²) >= 11 is 0. The molecule has 90 valence electrons. The number of carbonyl (C=O) groups excluding carboxylic acids is 1. The van der Waals surface area contributed by atoms with Gasteiger partial charge in [-0.15, -0.1) is 0 Å². The smallest absolute Gasteiger partial charge is 0.225 e. The van der Waals surface area contributed by atoms with Crippen LogP contribution in [-0.4, -0.2) is 51.4 Å². The summed E-state index contributed by atoms with van der Waals surface area (Å²) in [5, 5.41) is 0. The molecule has 0 aliphatic heterocycles. The molecule has 0 spiro atoms. The molecule has 1 atom stereocenters. The van der Waals surface area contributed by atoms with E-state index in [0.717, 1.165) is 6.26 Å². The van der Waals surface area contributed by atoms with Crippen molar-refractivity contribution in [3.8, 4) is 0 Å². The Morgan fingerprint density at radius 2 is 2.00 bits per heavy atom. The highest BCUT2D eigenvalue weighted by molar-refractivity contribution is 7.90. The lowest BCUT2D eigenvalue weighted by atomic mass is 10.1. The van der Waals surface area contributed by atoms with Crippen LogP contribution < -0.4 is 5.73 Å². The summed E-state index contributed by atoms with van der Waals surface area (Å²) in [6.07, 6.45) is 1.79. The minimum absolute atomic E-state index is 0.00455. The number of amides is 1. The monoisotopic (exact) mass is 236 g/mol. The summed E-state index contributed by atoms with van der Waals surface area (Å²) in [5.74, 6) is -0.187. The minimum Gasteiger partial charge on any atom is -0.345 e. The van der Waals surface area contributed by atoms with E-state index in [1.807, 2.05) is 0 Å². The molecular formula is C9H20N2O3S. The Bertz CT molecular complexity index is 300. The van der Waals surface area contributed by atoms with Crippen LogP contribution in [0.3, 0.4) is 0 Å². The third kappa shape index (κ3) is 6.46. The average molecular weight is 236 g/mol. The third-order valence-electron chi connectivity index (χ3n) is 2.19. The van der Waals surface area contributed by atoms with Crippen LogP contribution in [0.15, 0.2) is 0 Å². The molecule has 0 aliphatic carbocycles. The number of rotatable bonds is 6. The van der Waals surface area contributed by atoms with Gasteiger partial charge in [0.25, 0.3) is 0 Å². The Kier molecular flexibility index (Phi) is 5.82. The molecule has 0 bridgehead atoms. The highest BCUT2D eigenvalue weighted by Gasteiger charge is 2.17. The maximum atomic E-state index is 11.6. The van der Waals surface area contributed by atoms with E-state index in [1.165, 1.54) is 4.90 Å². The second-order valence-electron chi connectivity index (χ2n) is 3.87. The molecule has 1 unspecified atom stereocenters. The van der Waals surface area contributed by atoms with Crippen LogP contribution >= 0.6 is 0 Å². The average Bonchev–Trinajstić information content (AvgIpc) is 2.12. The van der Waals surface area contributed by atoms with Crippen molar-refractivity contribution in [1.29, 1.82) is 0 Å². The van der Waals surface area contributed by atoms with Crippen molar-refractivity contribution in [3.05, 3.63) is 0 Å². The van der Waals surface area contributed by atoms with Gasteiger partial charge in [-0.25, -0.2) is 8.42 Å². The number of carbonyl (C=O) groups is 1. The molecule has 0 aromatic carbocycles. The summed E-state index contributed by atoms with van der Waals surface area (Å²) in [4.78, 5) is 13.1. The van der Waals surface area contributed by atoms with Gasteiger partial charge in [0.2, 0.25) is 5.91 Å². The Labute approximate surface area is 91.5 Å². The van der Waals surface area contributed by atoms with Gasteiger partial charge in [0.05, 0.1) is 5.75 Å². The van der Waals surface area contributed by atoms with Gasteiger partial charge in [-0.1, -0.05) is 6.92 Å². The van der Waals surface area contributed by atoms with Crippen LogP contribution in [0.5, 0.6) is 0 Å². The Morgan fingerprint density at radius 1 is 1.47 bits per heavy atom. The molecule has 6 heteroatoms. The second-order valence-corrected chi connectivity index (χ2v) is 6.13. The van der Waals surface area contributed by atoms with Crippen molar-refractivity contribution < 1.29 is 13.2 Å². The molecule has 5 nitrogen and oxygen atoms in total. The van der Waals surface area contributed by atoms with Crippen molar-refractivity contribution >= 4 is 15.7 Å². The van der Waals surface area contributed by atoms with E-state index >= 15 is 0 Å². The number of sulfone groups is 1. The van der Waals surface area contributed by atoms with Crippen LogP contribution in [0.2, 0.25) is 0 Å². The molecule has 0 heterocycles. The number of hydrogen-bond acceptors (Lipinski definition) is 4. The second kappa shape index (κ2) is 6.07. The lowest BCUT2D eigenvalue weighted by molar-refractivity contribution is -0.133. The standard InChI is InChI=1S/C9H20N2O3S/c1-8(4-5-10)9(12)11(2)6-7-15(3,13)14/h8H,4-7,10H2,1-3H3. The van der Waals surface area contributed by atoms with Crippen molar-refractivity contribution in [2.75, 3.05) is 32.1 Å². The van der Waals surface area contributed by atoms with Gasteiger partial charge in [0, 0.05) is 25.8 Å². The van der Waals surface area contributed by atoms with Gasteiger partial charge in [-0.3, -0.25) is 4.79 Å².